The lowest BCUT2D eigenvalue weighted by Gasteiger charge is -2.33. The highest BCUT2D eigenvalue weighted by Crippen LogP contribution is 2.47. The molecule has 4 nitrogen and oxygen atoms in total. The van der Waals surface area contributed by atoms with Gasteiger partial charge in [0.25, 0.3) is 0 Å². The van der Waals surface area contributed by atoms with Crippen molar-refractivity contribution in [2.45, 2.75) is 71.8 Å². The zero-order valence-electron chi connectivity index (χ0n) is 14.9. The second-order valence-electron chi connectivity index (χ2n) is 7.62. The molecular formula is C18H32N4S. The van der Waals surface area contributed by atoms with E-state index in [9.17, 15) is 0 Å². The van der Waals surface area contributed by atoms with E-state index < -0.39 is 0 Å². The predicted molar refractivity (Wildman–Crippen MR) is 99.8 cm³/mol. The fourth-order valence-corrected chi connectivity index (χ4v) is 5.64. The molecule has 0 spiro atoms. The SMILES string of the molecule is Cc1sc2c(c1C)C(C1CCC(C)CC1)NCC(N)N2C(C)N. The van der Waals surface area contributed by atoms with Gasteiger partial charge in [0.2, 0.25) is 0 Å². The molecule has 0 saturated heterocycles. The summed E-state index contributed by atoms with van der Waals surface area (Å²) in [6.45, 7) is 9.71. The van der Waals surface area contributed by atoms with Crippen LogP contribution in [-0.4, -0.2) is 18.9 Å². The first-order chi connectivity index (χ1) is 10.9. The van der Waals surface area contributed by atoms with Crippen molar-refractivity contribution < 1.29 is 0 Å². The van der Waals surface area contributed by atoms with Gasteiger partial charge in [0.15, 0.2) is 0 Å². The van der Waals surface area contributed by atoms with Crippen LogP contribution < -0.4 is 21.7 Å². The smallest absolute Gasteiger partial charge is 0.0987 e. The van der Waals surface area contributed by atoms with Crippen LogP contribution in [0.3, 0.4) is 0 Å². The highest BCUT2D eigenvalue weighted by molar-refractivity contribution is 7.16. The van der Waals surface area contributed by atoms with E-state index in [-0.39, 0.29) is 12.3 Å². The highest BCUT2D eigenvalue weighted by atomic mass is 32.1. The van der Waals surface area contributed by atoms with E-state index in [4.69, 9.17) is 11.5 Å². The molecule has 0 bridgehead atoms. The number of thiophene rings is 1. The van der Waals surface area contributed by atoms with Crippen LogP contribution in [0.5, 0.6) is 0 Å². The molecular weight excluding hydrogens is 304 g/mol. The third-order valence-electron chi connectivity index (χ3n) is 5.83. The summed E-state index contributed by atoms with van der Waals surface area (Å²) in [5.41, 5.74) is 15.6. The molecule has 1 aliphatic carbocycles. The number of fused-ring (bicyclic) bond motifs is 1. The number of nitrogens with zero attached hydrogens (tertiary/aromatic N) is 1. The van der Waals surface area contributed by atoms with Gasteiger partial charge in [0, 0.05) is 23.0 Å². The van der Waals surface area contributed by atoms with Gasteiger partial charge in [-0.25, -0.2) is 0 Å². The summed E-state index contributed by atoms with van der Waals surface area (Å²) in [5, 5.41) is 5.10. The summed E-state index contributed by atoms with van der Waals surface area (Å²) >= 11 is 1.86. The molecule has 0 radical (unpaired) electrons. The lowest BCUT2D eigenvalue weighted by Crippen LogP contribution is -2.54. The zero-order chi connectivity index (χ0) is 16.7. The largest absolute Gasteiger partial charge is 0.332 e. The topological polar surface area (TPSA) is 67.3 Å². The number of nitrogens with one attached hydrogen (secondary N) is 1. The standard InChI is InChI=1S/C18H32N4S/c1-10-5-7-14(8-6-10)17-16-11(2)12(3)23-18(16)22(13(4)19)15(20)9-21-17/h10,13-15,17,21H,5-9,19-20H2,1-4H3. The van der Waals surface area contributed by atoms with Crippen molar-refractivity contribution in [3.05, 3.63) is 16.0 Å². The maximum absolute atomic E-state index is 6.46. The van der Waals surface area contributed by atoms with Crippen LogP contribution in [0.2, 0.25) is 0 Å². The number of nitrogens with two attached hydrogens (primary N) is 2. The molecule has 5 N–H and O–H groups in total. The van der Waals surface area contributed by atoms with Crippen molar-refractivity contribution >= 4 is 16.3 Å². The minimum Gasteiger partial charge on any atom is -0.332 e. The molecule has 3 rings (SSSR count). The highest BCUT2D eigenvalue weighted by Gasteiger charge is 2.37. The van der Waals surface area contributed by atoms with Gasteiger partial charge in [0.1, 0.15) is 0 Å². The van der Waals surface area contributed by atoms with Crippen LogP contribution in [-0.2, 0) is 0 Å². The molecule has 0 aromatic carbocycles. The molecule has 5 heteroatoms. The third-order valence-corrected chi connectivity index (χ3v) is 7.07. The van der Waals surface area contributed by atoms with E-state index in [1.165, 1.54) is 46.7 Å². The van der Waals surface area contributed by atoms with Gasteiger partial charge in [-0.05, 0) is 51.0 Å². The van der Waals surface area contributed by atoms with E-state index in [0.717, 1.165) is 18.4 Å². The van der Waals surface area contributed by atoms with Gasteiger partial charge < -0.3 is 21.7 Å². The predicted octanol–water partition coefficient (Wildman–Crippen LogP) is 3.23. The summed E-state index contributed by atoms with van der Waals surface area (Å²) in [5.74, 6) is 1.60. The number of anilines is 1. The monoisotopic (exact) mass is 336 g/mol. The van der Waals surface area contributed by atoms with Crippen LogP contribution in [0.4, 0.5) is 5.00 Å². The Hall–Kier alpha value is -0.620. The van der Waals surface area contributed by atoms with E-state index in [2.05, 4.69) is 31.0 Å². The lowest BCUT2D eigenvalue weighted by atomic mass is 9.77. The van der Waals surface area contributed by atoms with Crippen molar-refractivity contribution in [2.75, 3.05) is 11.4 Å². The molecule has 1 aromatic heterocycles. The molecule has 130 valence electrons. The van der Waals surface area contributed by atoms with Gasteiger partial charge in [0.05, 0.1) is 17.3 Å². The minimum absolute atomic E-state index is 0.0567. The van der Waals surface area contributed by atoms with Crippen LogP contribution in [0.25, 0.3) is 0 Å². The molecule has 2 heterocycles. The minimum atomic E-state index is -0.0619. The van der Waals surface area contributed by atoms with Gasteiger partial charge in [-0.3, -0.25) is 0 Å². The zero-order valence-corrected chi connectivity index (χ0v) is 15.7. The van der Waals surface area contributed by atoms with Crippen molar-refractivity contribution in [2.24, 2.45) is 23.3 Å². The maximum Gasteiger partial charge on any atom is 0.0987 e. The molecule has 1 saturated carbocycles. The summed E-state index contributed by atoms with van der Waals surface area (Å²) in [4.78, 5) is 3.61. The van der Waals surface area contributed by atoms with Crippen molar-refractivity contribution in [3.8, 4) is 0 Å². The Morgan fingerprint density at radius 1 is 1.22 bits per heavy atom. The second kappa shape index (κ2) is 6.71. The number of aryl methyl sites for hydroxylation is 1. The number of hydrogen-bond donors (Lipinski definition) is 3. The summed E-state index contributed by atoms with van der Waals surface area (Å²) in [7, 11) is 0. The van der Waals surface area contributed by atoms with Crippen molar-refractivity contribution in [3.63, 3.8) is 0 Å². The van der Waals surface area contributed by atoms with Crippen LogP contribution in [0.1, 0.15) is 61.6 Å². The average molecular weight is 337 g/mol. The van der Waals surface area contributed by atoms with E-state index in [0.29, 0.717) is 6.04 Å². The Bertz CT molecular complexity index is 545. The molecule has 23 heavy (non-hydrogen) atoms. The normalized spacial score (nSPS) is 33.2. The molecule has 1 aromatic rings. The Kier molecular flexibility index (Phi) is 5.02. The molecule has 3 atom stereocenters. The summed E-state index contributed by atoms with van der Waals surface area (Å²) < 4.78 is 0. The quantitative estimate of drug-likeness (QED) is 0.776. The van der Waals surface area contributed by atoms with Crippen LogP contribution in [0, 0.1) is 25.7 Å². The summed E-state index contributed by atoms with van der Waals surface area (Å²) in [6.07, 6.45) is 5.22. The number of hydrogen-bond acceptors (Lipinski definition) is 5. The molecule has 1 fully saturated rings. The van der Waals surface area contributed by atoms with Gasteiger partial charge in [-0.1, -0.05) is 19.8 Å². The molecule has 2 aliphatic rings. The number of rotatable bonds is 2. The van der Waals surface area contributed by atoms with Crippen molar-refractivity contribution in [1.82, 2.24) is 5.32 Å². The van der Waals surface area contributed by atoms with Crippen LogP contribution >= 0.6 is 11.3 Å². The van der Waals surface area contributed by atoms with Gasteiger partial charge in [-0.2, -0.15) is 0 Å². The second-order valence-corrected chi connectivity index (χ2v) is 8.83. The fourth-order valence-electron chi connectivity index (χ4n) is 4.29. The van der Waals surface area contributed by atoms with E-state index in [1.807, 2.05) is 18.3 Å². The van der Waals surface area contributed by atoms with Crippen molar-refractivity contribution in [1.29, 1.82) is 0 Å². The lowest BCUT2D eigenvalue weighted by molar-refractivity contribution is 0.231. The molecule has 0 amide bonds. The Balaban J connectivity index is 2.00. The molecule has 3 unspecified atom stereocenters. The maximum atomic E-state index is 6.46. The van der Waals surface area contributed by atoms with E-state index in [1.54, 1.807) is 0 Å². The van der Waals surface area contributed by atoms with Gasteiger partial charge >= 0.3 is 0 Å². The fraction of sp³-hybridized carbons (Fsp3) is 0.778. The Morgan fingerprint density at radius 3 is 2.48 bits per heavy atom. The first-order valence-electron chi connectivity index (χ1n) is 9.03. The average Bonchev–Trinajstić information content (AvgIpc) is 2.68. The Labute approximate surface area is 144 Å². The molecule has 1 aliphatic heterocycles. The van der Waals surface area contributed by atoms with E-state index >= 15 is 0 Å². The third kappa shape index (κ3) is 3.16. The first kappa shape index (κ1) is 17.2. The Morgan fingerprint density at radius 2 is 1.87 bits per heavy atom. The summed E-state index contributed by atoms with van der Waals surface area (Å²) in [6, 6.07) is 0.428. The van der Waals surface area contributed by atoms with Crippen LogP contribution in [0.15, 0.2) is 0 Å². The van der Waals surface area contributed by atoms with Gasteiger partial charge in [-0.15, -0.1) is 11.3 Å². The first-order valence-corrected chi connectivity index (χ1v) is 9.84.